The number of carbonyl (C=O) groups excluding carboxylic acids is 1. The Kier molecular flexibility index (Phi) is 6.85. The van der Waals surface area contributed by atoms with Crippen molar-refractivity contribution >= 4 is 5.97 Å². The predicted octanol–water partition coefficient (Wildman–Crippen LogP) is 3.00. The molecule has 0 aromatic carbocycles. The summed E-state index contributed by atoms with van der Waals surface area (Å²) in [7, 11) is 1.70. The van der Waals surface area contributed by atoms with E-state index in [1.165, 1.54) is 5.57 Å². The van der Waals surface area contributed by atoms with Gasteiger partial charge < -0.3 is 24.3 Å². The molecule has 6 heteroatoms. The number of hydrogen-bond donors (Lipinski definition) is 1. The summed E-state index contributed by atoms with van der Waals surface area (Å²) in [4.78, 5) is 12.3. The molecule has 2 aliphatic heterocycles. The van der Waals surface area contributed by atoms with Crippen LogP contribution in [0.1, 0.15) is 59.8 Å². The third kappa shape index (κ3) is 4.61. The van der Waals surface area contributed by atoms with Crippen LogP contribution in [0.2, 0.25) is 0 Å². The van der Waals surface area contributed by atoms with Gasteiger partial charge in [-0.15, -0.1) is 0 Å². The van der Waals surface area contributed by atoms with Crippen molar-refractivity contribution in [2.75, 3.05) is 26.8 Å². The number of hydrogen-bond acceptors (Lipinski definition) is 6. The molecule has 2 heterocycles. The van der Waals surface area contributed by atoms with Gasteiger partial charge in [-0.25, -0.2) is 0 Å². The Balaban J connectivity index is 1.64. The first-order valence-corrected chi connectivity index (χ1v) is 10.7. The zero-order valence-electron chi connectivity index (χ0n) is 18.1. The third-order valence-electron chi connectivity index (χ3n) is 6.50. The van der Waals surface area contributed by atoms with E-state index >= 15 is 0 Å². The smallest absolute Gasteiger partial charge is 0.320 e. The van der Waals surface area contributed by atoms with E-state index in [9.17, 15) is 4.79 Å². The predicted molar refractivity (Wildman–Crippen MR) is 107 cm³/mol. The Bertz CT molecular complexity index is 583. The molecular formula is C22H37NO5. The average Bonchev–Trinajstić information content (AvgIpc) is 3.56. The summed E-state index contributed by atoms with van der Waals surface area (Å²) < 4.78 is 23.9. The molecule has 160 valence electrons. The van der Waals surface area contributed by atoms with E-state index in [4.69, 9.17) is 18.9 Å². The molecule has 2 saturated heterocycles. The molecule has 3 fully saturated rings. The van der Waals surface area contributed by atoms with Gasteiger partial charge in [0, 0.05) is 7.11 Å². The van der Waals surface area contributed by atoms with Crippen molar-refractivity contribution in [3.8, 4) is 0 Å². The molecule has 0 bridgehead atoms. The fourth-order valence-corrected chi connectivity index (χ4v) is 4.77. The van der Waals surface area contributed by atoms with Crippen LogP contribution in [0.15, 0.2) is 11.6 Å². The number of unbranched alkanes of at least 4 members (excludes halogenated alkanes) is 1. The van der Waals surface area contributed by atoms with Crippen molar-refractivity contribution in [1.82, 2.24) is 5.32 Å². The highest BCUT2D eigenvalue weighted by Gasteiger charge is 2.72. The van der Waals surface area contributed by atoms with Crippen molar-refractivity contribution in [1.29, 1.82) is 0 Å². The second-order valence-corrected chi connectivity index (χ2v) is 8.94. The normalized spacial score (nSPS) is 38.9. The minimum absolute atomic E-state index is 0.0696. The summed E-state index contributed by atoms with van der Waals surface area (Å²) in [5, 5.41) is 3.15. The molecule has 28 heavy (non-hydrogen) atoms. The van der Waals surface area contributed by atoms with Gasteiger partial charge in [0.2, 0.25) is 0 Å². The maximum atomic E-state index is 12.3. The van der Waals surface area contributed by atoms with E-state index in [-0.39, 0.29) is 47.9 Å². The summed E-state index contributed by atoms with van der Waals surface area (Å²) >= 11 is 0. The lowest BCUT2D eigenvalue weighted by molar-refractivity contribution is -0.170. The van der Waals surface area contributed by atoms with Crippen LogP contribution in [0, 0.1) is 5.92 Å². The molecule has 0 unspecified atom stereocenters. The highest BCUT2D eigenvalue weighted by Crippen LogP contribution is 2.59. The fraction of sp³-hybridized carbons (Fsp3) is 0.864. The lowest BCUT2D eigenvalue weighted by Gasteiger charge is -2.42. The van der Waals surface area contributed by atoms with Gasteiger partial charge in [-0.1, -0.05) is 25.0 Å². The van der Waals surface area contributed by atoms with E-state index in [1.54, 1.807) is 7.11 Å². The molecule has 3 rings (SSSR count). The van der Waals surface area contributed by atoms with Crippen molar-refractivity contribution in [3.63, 3.8) is 0 Å². The number of rotatable bonds is 10. The number of epoxide rings is 2. The van der Waals surface area contributed by atoms with E-state index in [1.807, 2.05) is 0 Å². The van der Waals surface area contributed by atoms with Gasteiger partial charge in [0.15, 0.2) is 0 Å². The first-order chi connectivity index (χ1) is 13.4. The average molecular weight is 396 g/mol. The van der Waals surface area contributed by atoms with Crippen LogP contribution in [0.3, 0.4) is 0 Å². The Morgan fingerprint density at radius 1 is 1.36 bits per heavy atom. The van der Waals surface area contributed by atoms with Crippen molar-refractivity contribution in [3.05, 3.63) is 11.6 Å². The highest BCUT2D eigenvalue weighted by atomic mass is 16.6. The monoisotopic (exact) mass is 395 g/mol. The molecule has 1 aliphatic carbocycles. The van der Waals surface area contributed by atoms with Gasteiger partial charge in [0.1, 0.15) is 23.4 Å². The van der Waals surface area contributed by atoms with Crippen LogP contribution >= 0.6 is 0 Å². The minimum atomic E-state index is -0.298. The molecule has 1 spiro atoms. The molecule has 0 aromatic rings. The Morgan fingerprint density at radius 3 is 2.71 bits per heavy atom. The third-order valence-corrected chi connectivity index (χ3v) is 6.50. The van der Waals surface area contributed by atoms with E-state index in [0.29, 0.717) is 0 Å². The molecule has 0 radical (unpaired) electrons. The maximum absolute atomic E-state index is 12.3. The Hall–Kier alpha value is -0.950. The summed E-state index contributed by atoms with van der Waals surface area (Å²) in [6.07, 6.45) is 6.63. The van der Waals surface area contributed by atoms with Crippen LogP contribution in [0.25, 0.3) is 0 Å². The first kappa shape index (κ1) is 21.8. The number of allylic oxidation sites excluding steroid dienone is 1. The lowest BCUT2D eigenvalue weighted by Crippen LogP contribution is -2.56. The quantitative estimate of drug-likeness (QED) is 0.265. The maximum Gasteiger partial charge on any atom is 0.320 e. The molecule has 0 amide bonds. The zero-order valence-corrected chi connectivity index (χ0v) is 18.1. The van der Waals surface area contributed by atoms with E-state index < -0.39 is 0 Å². The number of methoxy groups -OCH3 is 1. The molecule has 6 atom stereocenters. The largest absolute Gasteiger partial charge is 0.459 e. The van der Waals surface area contributed by atoms with Gasteiger partial charge in [-0.3, -0.25) is 4.79 Å². The lowest BCUT2D eigenvalue weighted by atomic mass is 9.68. The molecule has 6 nitrogen and oxygen atoms in total. The Morgan fingerprint density at radius 2 is 2.11 bits per heavy atom. The summed E-state index contributed by atoms with van der Waals surface area (Å²) in [6, 6.07) is 0. The SMILES string of the molecule is CCCCNCC(=O)O[C@@H]1CC[C@]2(CO2)[C@@H]([C@]2(C)O[C@@H]2CC=C(C)C)[C@@H]1OC. The number of nitrogens with one attached hydrogen (secondary N) is 1. The number of ether oxygens (including phenoxy) is 4. The second kappa shape index (κ2) is 8.82. The molecule has 0 aromatic heterocycles. The van der Waals surface area contributed by atoms with E-state index in [0.717, 1.165) is 45.3 Å². The Labute approximate surface area is 169 Å². The molecule has 3 aliphatic rings. The topological polar surface area (TPSA) is 72.6 Å². The van der Waals surface area contributed by atoms with Crippen molar-refractivity contribution in [2.24, 2.45) is 5.92 Å². The zero-order chi connectivity index (χ0) is 20.4. The van der Waals surface area contributed by atoms with Gasteiger partial charge in [0.25, 0.3) is 0 Å². The van der Waals surface area contributed by atoms with Crippen LogP contribution in [-0.4, -0.2) is 62.3 Å². The van der Waals surface area contributed by atoms with Gasteiger partial charge in [0.05, 0.1) is 25.2 Å². The van der Waals surface area contributed by atoms with Gasteiger partial charge in [-0.2, -0.15) is 0 Å². The van der Waals surface area contributed by atoms with Gasteiger partial charge >= 0.3 is 5.97 Å². The summed E-state index contributed by atoms with van der Waals surface area (Å²) in [5.41, 5.74) is 0.815. The highest BCUT2D eigenvalue weighted by molar-refractivity contribution is 5.71. The van der Waals surface area contributed by atoms with Crippen LogP contribution in [0.4, 0.5) is 0 Å². The van der Waals surface area contributed by atoms with Crippen LogP contribution in [0.5, 0.6) is 0 Å². The number of carbonyl (C=O) groups is 1. The minimum Gasteiger partial charge on any atom is -0.459 e. The second-order valence-electron chi connectivity index (χ2n) is 8.94. The first-order valence-electron chi connectivity index (χ1n) is 10.7. The summed E-state index contributed by atoms with van der Waals surface area (Å²) in [5.74, 6) is -0.141. The van der Waals surface area contributed by atoms with Gasteiger partial charge in [-0.05, 0) is 53.0 Å². The number of esters is 1. The van der Waals surface area contributed by atoms with Crippen LogP contribution in [-0.2, 0) is 23.7 Å². The van der Waals surface area contributed by atoms with Crippen LogP contribution < -0.4 is 5.32 Å². The molecular weight excluding hydrogens is 358 g/mol. The summed E-state index contributed by atoms with van der Waals surface area (Å²) in [6.45, 7) is 10.3. The standard InChI is InChI=1S/C22H37NO5/c1-6-7-12-23-13-18(24)27-16-10-11-22(14-26-22)20(19(16)25-5)21(4)17(28-21)9-8-15(2)3/h8,16-17,19-20,23H,6-7,9-14H2,1-5H3/t16-,17-,19-,20-,21-,22+/m1/s1. The fourth-order valence-electron chi connectivity index (χ4n) is 4.77. The van der Waals surface area contributed by atoms with Crippen molar-refractivity contribution < 1.29 is 23.7 Å². The van der Waals surface area contributed by atoms with E-state index in [2.05, 4.69) is 39.1 Å². The van der Waals surface area contributed by atoms with Crippen molar-refractivity contribution in [2.45, 2.75) is 89.3 Å². The molecule has 1 N–H and O–H groups in total. The molecule has 1 saturated carbocycles.